The quantitative estimate of drug-likeness (QED) is 0.783. The molecule has 0 aromatic heterocycles. The van der Waals surface area contributed by atoms with Crippen LogP contribution < -0.4 is 5.32 Å². The Labute approximate surface area is 117 Å². The topological polar surface area (TPSA) is 81.7 Å². The second kappa shape index (κ2) is 7.93. The van der Waals surface area contributed by atoms with E-state index in [9.17, 15) is 14.4 Å². The van der Waals surface area contributed by atoms with Gasteiger partial charge in [0.25, 0.3) is 5.91 Å². The first-order chi connectivity index (χ1) is 9.54. The first-order valence-corrected chi connectivity index (χ1v) is 6.22. The van der Waals surface area contributed by atoms with E-state index in [0.29, 0.717) is 5.56 Å². The smallest absolute Gasteiger partial charge is 0.338 e. The molecule has 0 heterocycles. The van der Waals surface area contributed by atoms with Gasteiger partial charge in [0.15, 0.2) is 6.61 Å². The van der Waals surface area contributed by atoms with Crippen LogP contribution in [0.5, 0.6) is 0 Å². The minimum absolute atomic E-state index is 0.238. The lowest BCUT2D eigenvalue weighted by Crippen LogP contribution is -2.41. The third-order valence-electron chi connectivity index (χ3n) is 2.36. The van der Waals surface area contributed by atoms with E-state index < -0.39 is 30.5 Å². The molecule has 6 nitrogen and oxygen atoms in total. The van der Waals surface area contributed by atoms with Crippen molar-refractivity contribution < 1.29 is 23.9 Å². The van der Waals surface area contributed by atoms with Crippen LogP contribution in [0.25, 0.3) is 0 Å². The molecule has 1 amide bonds. The zero-order valence-electron chi connectivity index (χ0n) is 11.4. The summed E-state index contributed by atoms with van der Waals surface area (Å²) in [5.74, 6) is -1.69. The van der Waals surface area contributed by atoms with E-state index in [2.05, 4.69) is 5.32 Å². The number of rotatable bonds is 6. The number of carbonyl (C=O) groups excluding carboxylic acids is 3. The molecule has 1 aromatic rings. The van der Waals surface area contributed by atoms with Crippen molar-refractivity contribution in [3.63, 3.8) is 0 Å². The summed E-state index contributed by atoms with van der Waals surface area (Å²) < 4.78 is 9.57. The Morgan fingerprint density at radius 3 is 2.40 bits per heavy atom. The zero-order valence-corrected chi connectivity index (χ0v) is 11.4. The van der Waals surface area contributed by atoms with Gasteiger partial charge < -0.3 is 14.8 Å². The van der Waals surface area contributed by atoms with Crippen molar-refractivity contribution in [2.45, 2.75) is 19.9 Å². The van der Waals surface area contributed by atoms with Gasteiger partial charge in [-0.3, -0.25) is 4.79 Å². The van der Waals surface area contributed by atoms with Gasteiger partial charge in [-0.2, -0.15) is 0 Å². The number of nitrogens with one attached hydrogen (secondary N) is 1. The number of ether oxygens (including phenoxy) is 2. The maximum absolute atomic E-state index is 11.6. The molecule has 0 radical (unpaired) electrons. The van der Waals surface area contributed by atoms with Gasteiger partial charge >= 0.3 is 11.9 Å². The third kappa shape index (κ3) is 5.09. The van der Waals surface area contributed by atoms with E-state index in [1.807, 2.05) is 0 Å². The monoisotopic (exact) mass is 279 g/mol. The van der Waals surface area contributed by atoms with Crippen molar-refractivity contribution in [2.24, 2.45) is 0 Å². The fourth-order valence-corrected chi connectivity index (χ4v) is 1.40. The van der Waals surface area contributed by atoms with Gasteiger partial charge in [0.05, 0.1) is 12.2 Å². The molecule has 1 N–H and O–H groups in total. The first kappa shape index (κ1) is 15.7. The number of hydrogen-bond donors (Lipinski definition) is 1. The Morgan fingerprint density at radius 1 is 1.15 bits per heavy atom. The molecule has 20 heavy (non-hydrogen) atoms. The van der Waals surface area contributed by atoms with Gasteiger partial charge in [-0.15, -0.1) is 0 Å². The molecule has 108 valence electrons. The number of carbonyl (C=O) groups is 3. The largest absolute Gasteiger partial charge is 0.464 e. The van der Waals surface area contributed by atoms with Gasteiger partial charge in [-0.1, -0.05) is 18.2 Å². The van der Waals surface area contributed by atoms with Crippen molar-refractivity contribution in [3.8, 4) is 0 Å². The molecule has 0 saturated carbocycles. The Morgan fingerprint density at radius 2 is 1.80 bits per heavy atom. The van der Waals surface area contributed by atoms with Crippen LogP contribution in [0.15, 0.2) is 30.3 Å². The van der Waals surface area contributed by atoms with Crippen LogP contribution in [0, 0.1) is 0 Å². The second-order valence-electron chi connectivity index (χ2n) is 3.98. The maximum Gasteiger partial charge on any atom is 0.338 e. The van der Waals surface area contributed by atoms with Crippen molar-refractivity contribution in [2.75, 3.05) is 13.2 Å². The Bertz CT molecular complexity index is 472. The van der Waals surface area contributed by atoms with E-state index in [1.165, 1.54) is 6.92 Å². The van der Waals surface area contributed by atoms with Gasteiger partial charge in [-0.05, 0) is 26.0 Å². The molecule has 0 aliphatic carbocycles. The van der Waals surface area contributed by atoms with Crippen LogP contribution in [0.3, 0.4) is 0 Å². The minimum Gasteiger partial charge on any atom is -0.464 e. The normalized spacial score (nSPS) is 11.3. The highest BCUT2D eigenvalue weighted by atomic mass is 16.5. The molecule has 0 aliphatic rings. The Kier molecular flexibility index (Phi) is 6.22. The summed E-state index contributed by atoms with van der Waals surface area (Å²) in [7, 11) is 0. The lowest BCUT2D eigenvalue weighted by atomic mass is 10.2. The molecule has 0 fully saturated rings. The van der Waals surface area contributed by atoms with Crippen molar-refractivity contribution in [1.82, 2.24) is 5.32 Å². The van der Waals surface area contributed by atoms with Gasteiger partial charge in [0.1, 0.15) is 6.04 Å². The van der Waals surface area contributed by atoms with Crippen LogP contribution in [0.1, 0.15) is 24.2 Å². The highest BCUT2D eigenvalue weighted by molar-refractivity contribution is 5.92. The summed E-state index contributed by atoms with van der Waals surface area (Å²) >= 11 is 0. The van der Waals surface area contributed by atoms with Crippen LogP contribution >= 0.6 is 0 Å². The van der Waals surface area contributed by atoms with Gasteiger partial charge in [0, 0.05) is 0 Å². The molecule has 1 rings (SSSR count). The fraction of sp³-hybridized carbons (Fsp3) is 0.357. The van der Waals surface area contributed by atoms with Crippen LogP contribution in [-0.2, 0) is 19.1 Å². The van der Waals surface area contributed by atoms with E-state index in [4.69, 9.17) is 9.47 Å². The number of esters is 2. The minimum atomic E-state index is -0.780. The first-order valence-electron chi connectivity index (χ1n) is 6.22. The second-order valence-corrected chi connectivity index (χ2v) is 3.98. The molecule has 0 spiro atoms. The van der Waals surface area contributed by atoms with Gasteiger partial charge in [-0.25, -0.2) is 9.59 Å². The molecule has 0 bridgehead atoms. The van der Waals surface area contributed by atoms with Crippen molar-refractivity contribution in [3.05, 3.63) is 35.9 Å². The SMILES string of the molecule is CCOC(=O)C(C)NC(=O)COC(=O)c1ccccc1. The summed E-state index contributed by atoms with van der Waals surface area (Å²) in [5, 5.41) is 2.38. The highest BCUT2D eigenvalue weighted by Crippen LogP contribution is 2.00. The molecule has 1 atom stereocenters. The number of hydrogen-bond acceptors (Lipinski definition) is 5. The highest BCUT2D eigenvalue weighted by Gasteiger charge is 2.17. The van der Waals surface area contributed by atoms with Crippen LogP contribution in [0.4, 0.5) is 0 Å². The fourth-order valence-electron chi connectivity index (χ4n) is 1.40. The van der Waals surface area contributed by atoms with Crippen molar-refractivity contribution in [1.29, 1.82) is 0 Å². The number of amides is 1. The van der Waals surface area contributed by atoms with Gasteiger partial charge in [0.2, 0.25) is 0 Å². The summed E-state index contributed by atoms with van der Waals surface area (Å²) in [4.78, 5) is 34.4. The molecular formula is C14H17NO5. The lowest BCUT2D eigenvalue weighted by Gasteiger charge is -2.12. The number of benzene rings is 1. The predicted octanol–water partition coefficient (Wildman–Crippen LogP) is 0.911. The molecule has 6 heteroatoms. The predicted molar refractivity (Wildman–Crippen MR) is 71.0 cm³/mol. The summed E-state index contributed by atoms with van der Waals surface area (Å²) in [6.45, 7) is 2.96. The summed E-state index contributed by atoms with van der Waals surface area (Å²) in [6.07, 6.45) is 0. The maximum atomic E-state index is 11.6. The molecule has 1 unspecified atom stereocenters. The van der Waals surface area contributed by atoms with Crippen molar-refractivity contribution >= 4 is 17.8 Å². The Balaban J connectivity index is 2.37. The Hall–Kier alpha value is -2.37. The standard InChI is InChI=1S/C14H17NO5/c1-3-19-13(17)10(2)15-12(16)9-20-14(18)11-7-5-4-6-8-11/h4-8,10H,3,9H2,1-2H3,(H,15,16). The summed E-state index contributed by atoms with van der Waals surface area (Å²) in [6, 6.07) is 7.55. The van der Waals surface area contributed by atoms with E-state index >= 15 is 0 Å². The average molecular weight is 279 g/mol. The molecule has 0 aliphatic heterocycles. The van der Waals surface area contributed by atoms with Crippen LogP contribution in [-0.4, -0.2) is 37.1 Å². The van der Waals surface area contributed by atoms with E-state index in [1.54, 1.807) is 37.3 Å². The molecule has 1 aromatic carbocycles. The lowest BCUT2D eigenvalue weighted by molar-refractivity contribution is -0.147. The molecular weight excluding hydrogens is 262 g/mol. The summed E-state index contributed by atoms with van der Waals surface area (Å²) in [5.41, 5.74) is 0.360. The van der Waals surface area contributed by atoms with E-state index in [0.717, 1.165) is 0 Å². The van der Waals surface area contributed by atoms with E-state index in [-0.39, 0.29) is 6.61 Å². The average Bonchev–Trinajstić information content (AvgIpc) is 2.45. The van der Waals surface area contributed by atoms with Crippen LogP contribution in [0.2, 0.25) is 0 Å². The molecule has 0 saturated heterocycles. The zero-order chi connectivity index (χ0) is 15.0. The third-order valence-corrected chi connectivity index (χ3v) is 2.36.